The number of carbonyl (C=O) groups is 1. The molecule has 1 heterocycles. The summed E-state index contributed by atoms with van der Waals surface area (Å²) in [6, 6.07) is 11.2. The molecule has 1 saturated heterocycles. The Kier molecular flexibility index (Phi) is 5.88. The number of alkyl halides is 3. The van der Waals surface area contributed by atoms with E-state index in [1.54, 1.807) is 19.1 Å². The molecule has 0 radical (unpaired) electrons. The molecule has 0 spiro atoms. The molecule has 3 rings (SSSR count). The molecule has 150 valence electrons. The summed E-state index contributed by atoms with van der Waals surface area (Å²) >= 11 is 0. The third kappa shape index (κ3) is 5.01. The zero-order valence-corrected chi connectivity index (χ0v) is 15.1. The van der Waals surface area contributed by atoms with Crippen molar-refractivity contribution in [2.45, 2.75) is 25.2 Å². The number of carbonyl (C=O) groups excluding carboxylic acids is 1. The summed E-state index contributed by atoms with van der Waals surface area (Å²) in [5.41, 5.74) is 1.41. The number of hydrogen-bond acceptors (Lipinski definition) is 3. The van der Waals surface area contributed by atoms with E-state index in [-0.39, 0.29) is 35.4 Å². The van der Waals surface area contributed by atoms with Gasteiger partial charge in [-0.25, -0.2) is 4.39 Å². The van der Waals surface area contributed by atoms with Gasteiger partial charge in [-0.05, 0) is 42.3 Å². The van der Waals surface area contributed by atoms with Crippen molar-refractivity contribution in [2.75, 3.05) is 13.1 Å². The zero-order valence-electron chi connectivity index (χ0n) is 15.1. The molecule has 28 heavy (non-hydrogen) atoms. The van der Waals surface area contributed by atoms with Crippen molar-refractivity contribution in [3.63, 3.8) is 0 Å². The van der Waals surface area contributed by atoms with Crippen LogP contribution in [0.1, 0.15) is 30.0 Å². The number of benzene rings is 2. The molecule has 0 saturated carbocycles. The normalized spacial score (nSPS) is 20.6. The van der Waals surface area contributed by atoms with E-state index in [9.17, 15) is 22.4 Å². The lowest BCUT2D eigenvalue weighted by molar-refractivity contribution is -0.274. The second-order valence-electron chi connectivity index (χ2n) is 6.77. The highest BCUT2D eigenvalue weighted by atomic mass is 19.4. The Balaban J connectivity index is 1.67. The number of nitrogens with one attached hydrogen (secondary N) is 2. The van der Waals surface area contributed by atoms with Crippen molar-refractivity contribution in [3.8, 4) is 5.75 Å². The van der Waals surface area contributed by atoms with Crippen molar-refractivity contribution in [1.29, 1.82) is 0 Å². The Morgan fingerprint density at radius 1 is 1.18 bits per heavy atom. The van der Waals surface area contributed by atoms with Crippen LogP contribution in [0.2, 0.25) is 0 Å². The summed E-state index contributed by atoms with van der Waals surface area (Å²) in [6.45, 7) is 2.76. The highest BCUT2D eigenvalue weighted by Crippen LogP contribution is 2.31. The molecule has 2 aromatic carbocycles. The summed E-state index contributed by atoms with van der Waals surface area (Å²) < 4.78 is 54.1. The van der Waals surface area contributed by atoms with Gasteiger partial charge >= 0.3 is 6.36 Å². The predicted octanol–water partition coefficient (Wildman–Crippen LogP) is 3.90. The van der Waals surface area contributed by atoms with E-state index >= 15 is 0 Å². The third-order valence-electron chi connectivity index (χ3n) is 4.80. The van der Waals surface area contributed by atoms with Gasteiger partial charge < -0.3 is 15.4 Å². The van der Waals surface area contributed by atoms with E-state index in [1.807, 2.05) is 0 Å². The van der Waals surface area contributed by atoms with Gasteiger partial charge in [0.2, 0.25) is 5.91 Å². The van der Waals surface area contributed by atoms with Crippen LogP contribution in [-0.4, -0.2) is 25.4 Å². The molecule has 1 fully saturated rings. The molecule has 3 atom stereocenters. The number of hydrogen-bond donors (Lipinski definition) is 2. The Bertz CT molecular complexity index is 824. The number of ether oxygens (including phenoxy) is 1. The van der Waals surface area contributed by atoms with Crippen LogP contribution in [0.4, 0.5) is 17.6 Å². The molecule has 2 aromatic rings. The number of amides is 1. The second kappa shape index (κ2) is 8.18. The standard InChI is InChI=1S/C20H20F4N2O2/c1-12(14-3-2-4-15(21)9-14)26-19(27)18-11-25-10-17(18)13-5-7-16(8-6-13)28-20(22,23)24/h2-9,12,17-18,25H,10-11H2,1H3,(H,26,27). The van der Waals surface area contributed by atoms with Gasteiger partial charge in [0.1, 0.15) is 11.6 Å². The minimum Gasteiger partial charge on any atom is -0.406 e. The van der Waals surface area contributed by atoms with Crippen molar-refractivity contribution in [1.82, 2.24) is 10.6 Å². The van der Waals surface area contributed by atoms with Crippen molar-refractivity contribution in [3.05, 3.63) is 65.5 Å². The monoisotopic (exact) mass is 396 g/mol. The average molecular weight is 396 g/mol. The fourth-order valence-corrected chi connectivity index (χ4v) is 3.40. The third-order valence-corrected chi connectivity index (χ3v) is 4.80. The summed E-state index contributed by atoms with van der Waals surface area (Å²) in [6.07, 6.45) is -4.74. The van der Waals surface area contributed by atoms with Crippen LogP contribution in [0, 0.1) is 11.7 Å². The smallest absolute Gasteiger partial charge is 0.406 e. The van der Waals surface area contributed by atoms with Crippen LogP contribution in [0.5, 0.6) is 5.75 Å². The van der Waals surface area contributed by atoms with Crippen LogP contribution in [0.3, 0.4) is 0 Å². The maximum absolute atomic E-state index is 13.4. The Labute approximate surface area is 159 Å². The molecule has 1 aliphatic heterocycles. The maximum Gasteiger partial charge on any atom is 0.573 e. The van der Waals surface area contributed by atoms with Gasteiger partial charge in [-0.15, -0.1) is 13.2 Å². The lowest BCUT2D eigenvalue weighted by atomic mass is 9.88. The first kappa shape index (κ1) is 20.1. The van der Waals surface area contributed by atoms with Crippen LogP contribution >= 0.6 is 0 Å². The number of rotatable bonds is 5. The molecule has 4 nitrogen and oxygen atoms in total. The van der Waals surface area contributed by atoms with Gasteiger partial charge in [0.25, 0.3) is 0 Å². The fourth-order valence-electron chi connectivity index (χ4n) is 3.40. The predicted molar refractivity (Wildman–Crippen MR) is 95.2 cm³/mol. The van der Waals surface area contributed by atoms with E-state index < -0.39 is 6.36 Å². The Morgan fingerprint density at radius 2 is 1.89 bits per heavy atom. The topological polar surface area (TPSA) is 50.4 Å². The molecule has 1 amide bonds. The van der Waals surface area contributed by atoms with Gasteiger partial charge in [-0.2, -0.15) is 0 Å². The SMILES string of the molecule is CC(NC(=O)C1CNCC1c1ccc(OC(F)(F)F)cc1)c1cccc(F)c1. The van der Waals surface area contributed by atoms with Crippen LogP contribution in [0.25, 0.3) is 0 Å². The van der Waals surface area contributed by atoms with Gasteiger partial charge in [0.05, 0.1) is 12.0 Å². The molecule has 2 N–H and O–H groups in total. The molecular weight excluding hydrogens is 376 g/mol. The van der Waals surface area contributed by atoms with Gasteiger partial charge in [0, 0.05) is 19.0 Å². The summed E-state index contributed by atoms with van der Waals surface area (Å²) in [5, 5.41) is 6.03. The van der Waals surface area contributed by atoms with Crippen LogP contribution in [0.15, 0.2) is 48.5 Å². The highest BCUT2D eigenvalue weighted by molar-refractivity contribution is 5.81. The van der Waals surface area contributed by atoms with Crippen molar-refractivity contribution < 1.29 is 27.1 Å². The fraction of sp³-hybridized carbons (Fsp3) is 0.350. The van der Waals surface area contributed by atoms with Crippen molar-refractivity contribution in [2.24, 2.45) is 5.92 Å². The largest absolute Gasteiger partial charge is 0.573 e. The second-order valence-corrected chi connectivity index (χ2v) is 6.77. The maximum atomic E-state index is 13.4. The van der Waals surface area contributed by atoms with E-state index in [0.717, 1.165) is 5.56 Å². The molecule has 0 aliphatic carbocycles. The van der Waals surface area contributed by atoms with E-state index in [0.29, 0.717) is 18.7 Å². The number of halogens is 4. The molecule has 0 aromatic heterocycles. The lowest BCUT2D eigenvalue weighted by Crippen LogP contribution is -2.36. The minimum atomic E-state index is -4.74. The van der Waals surface area contributed by atoms with E-state index in [2.05, 4.69) is 15.4 Å². The minimum absolute atomic E-state index is 0.181. The molecule has 8 heteroatoms. The van der Waals surface area contributed by atoms with Gasteiger partial charge in [-0.1, -0.05) is 24.3 Å². The van der Waals surface area contributed by atoms with Crippen LogP contribution < -0.4 is 15.4 Å². The van der Waals surface area contributed by atoms with Crippen LogP contribution in [-0.2, 0) is 4.79 Å². The van der Waals surface area contributed by atoms with Gasteiger partial charge in [-0.3, -0.25) is 4.79 Å². The molecule has 3 unspecified atom stereocenters. The highest BCUT2D eigenvalue weighted by Gasteiger charge is 2.35. The molecule has 0 bridgehead atoms. The zero-order chi connectivity index (χ0) is 20.3. The van der Waals surface area contributed by atoms with Crippen molar-refractivity contribution >= 4 is 5.91 Å². The Hall–Kier alpha value is -2.61. The summed E-state index contributed by atoms with van der Waals surface area (Å²) in [5.74, 6) is -1.43. The Morgan fingerprint density at radius 3 is 2.54 bits per heavy atom. The average Bonchev–Trinajstić information content (AvgIpc) is 3.11. The quantitative estimate of drug-likeness (QED) is 0.754. The summed E-state index contributed by atoms with van der Waals surface area (Å²) in [4.78, 5) is 12.7. The first-order chi connectivity index (χ1) is 13.2. The molecule has 1 aliphatic rings. The summed E-state index contributed by atoms with van der Waals surface area (Å²) in [7, 11) is 0. The van der Waals surface area contributed by atoms with E-state index in [1.165, 1.54) is 36.4 Å². The molecular formula is C20H20F4N2O2. The first-order valence-electron chi connectivity index (χ1n) is 8.85. The first-order valence-corrected chi connectivity index (χ1v) is 8.85. The van der Waals surface area contributed by atoms with E-state index in [4.69, 9.17) is 0 Å². The van der Waals surface area contributed by atoms with Gasteiger partial charge in [0.15, 0.2) is 0 Å². The lowest BCUT2D eigenvalue weighted by Gasteiger charge is -2.22.